The molecule has 0 radical (unpaired) electrons. The van der Waals surface area contributed by atoms with Crippen molar-refractivity contribution >= 4 is 21.6 Å². The molecule has 28 heavy (non-hydrogen) atoms. The van der Waals surface area contributed by atoms with E-state index in [-0.39, 0.29) is 10.8 Å². The quantitative estimate of drug-likeness (QED) is 0.689. The van der Waals surface area contributed by atoms with Crippen molar-refractivity contribution in [2.45, 2.75) is 37.5 Å². The standard InChI is InChI=1S/C21H26N2O4S/c1-16-15-19(11-12-20(16)23-14-4-6-21(23)24)28(25,26)22-13-3-5-17-7-9-18(27-2)10-8-17/h7-12,15,22H,3-6,13-14H2,1-2H3. The summed E-state index contributed by atoms with van der Waals surface area (Å²) >= 11 is 0. The minimum atomic E-state index is -3.58. The number of benzene rings is 2. The summed E-state index contributed by atoms with van der Waals surface area (Å²) in [5.41, 5.74) is 2.72. The molecule has 0 atom stereocenters. The van der Waals surface area contributed by atoms with Gasteiger partial charge in [-0.05, 0) is 67.6 Å². The van der Waals surface area contributed by atoms with E-state index in [4.69, 9.17) is 4.74 Å². The number of anilines is 1. The SMILES string of the molecule is COc1ccc(CCCNS(=O)(=O)c2ccc(N3CCCC3=O)c(C)c2)cc1. The smallest absolute Gasteiger partial charge is 0.240 e. The fourth-order valence-electron chi connectivity index (χ4n) is 3.38. The van der Waals surface area contributed by atoms with Gasteiger partial charge in [0.1, 0.15) is 5.75 Å². The highest BCUT2D eigenvalue weighted by Crippen LogP contribution is 2.27. The summed E-state index contributed by atoms with van der Waals surface area (Å²) in [7, 11) is -1.95. The van der Waals surface area contributed by atoms with Crippen molar-refractivity contribution in [3.8, 4) is 5.75 Å². The largest absolute Gasteiger partial charge is 0.497 e. The minimum absolute atomic E-state index is 0.0929. The third-order valence-electron chi connectivity index (χ3n) is 4.94. The molecule has 1 aliphatic heterocycles. The van der Waals surface area contributed by atoms with E-state index in [0.717, 1.165) is 35.4 Å². The first-order chi connectivity index (χ1) is 13.4. The van der Waals surface area contributed by atoms with Crippen molar-refractivity contribution in [1.29, 1.82) is 0 Å². The number of sulfonamides is 1. The van der Waals surface area contributed by atoms with E-state index in [2.05, 4.69) is 4.72 Å². The van der Waals surface area contributed by atoms with Gasteiger partial charge in [0.05, 0.1) is 12.0 Å². The van der Waals surface area contributed by atoms with E-state index in [1.165, 1.54) is 0 Å². The van der Waals surface area contributed by atoms with Crippen molar-refractivity contribution in [2.24, 2.45) is 0 Å². The van der Waals surface area contributed by atoms with Gasteiger partial charge in [-0.1, -0.05) is 12.1 Å². The number of ether oxygens (including phenoxy) is 1. The first-order valence-corrected chi connectivity index (χ1v) is 10.9. The van der Waals surface area contributed by atoms with Gasteiger partial charge in [0.15, 0.2) is 0 Å². The number of nitrogens with zero attached hydrogens (tertiary/aromatic N) is 1. The number of carbonyl (C=O) groups excluding carboxylic acids is 1. The first-order valence-electron chi connectivity index (χ1n) is 9.44. The Morgan fingerprint density at radius 2 is 1.89 bits per heavy atom. The van der Waals surface area contributed by atoms with Crippen molar-refractivity contribution in [3.63, 3.8) is 0 Å². The molecule has 7 heteroatoms. The van der Waals surface area contributed by atoms with Gasteiger partial charge >= 0.3 is 0 Å². The number of rotatable bonds is 8. The molecule has 0 saturated carbocycles. The molecule has 0 spiro atoms. The van der Waals surface area contributed by atoms with Crippen LogP contribution in [0, 0.1) is 6.92 Å². The lowest BCUT2D eigenvalue weighted by molar-refractivity contribution is -0.117. The summed E-state index contributed by atoms with van der Waals surface area (Å²) in [6.07, 6.45) is 2.87. The van der Waals surface area contributed by atoms with Crippen LogP contribution in [-0.2, 0) is 21.2 Å². The Bertz CT molecular complexity index is 939. The maximum absolute atomic E-state index is 12.6. The Kier molecular flexibility index (Phi) is 6.36. The van der Waals surface area contributed by atoms with Crippen LogP contribution in [0.5, 0.6) is 5.75 Å². The fraction of sp³-hybridized carbons (Fsp3) is 0.381. The van der Waals surface area contributed by atoms with Crippen LogP contribution in [-0.4, -0.2) is 34.5 Å². The van der Waals surface area contributed by atoms with E-state index in [0.29, 0.717) is 25.9 Å². The Balaban J connectivity index is 1.57. The predicted octanol–water partition coefficient (Wildman–Crippen LogP) is 3.04. The molecule has 0 unspecified atom stereocenters. The van der Waals surface area contributed by atoms with E-state index < -0.39 is 10.0 Å². The molecule has 1 heterocycles. The topological polar surface area (TPSA) is 75.7 Å². The highest BCUT2D eigenvalue weighted by molar-refractivity contribution is 7.89. The number of hydrogen-bond acceptors (Lipinski definition) is 4. The number of amides is 1. The van der Waals surface area contributed by atoms with Crippen molar-refractivity contribution < 1.29 is 17.9 Å². The Morgan fingerprint density at radius 1 is 1.14 bits per heavy atom. The van der Waals surface area contributed by atoms with E-state index in [1.54, 1.807) is 30.2 Å². The maximum Gasteiger partial charge on any atom is 0.240 e. The molecule has 0 aromatic heterocycles. The molecular formula is C21H26N2O4S. The van der Waals surface area contributed by atoms with Gasteiger partial charge in [0.25, 0.3) is 0 Å². The summed E-state index contributed by atoms with van der Waals surface area (Å²) in [6.45, 7) is 2.89. The summed E-state index contributed by atoms with van der Waals surface area (Å²) < 4.78 is 32.9. The van der Waals surface area contributed by atoms with E-state index in [1.807, 2.05) is 31.2 Å². The molecule has 1 aliphatic rings. The van der Waals surface area contributed by atoms with Gasteiger partial charge in [-0.15, -0.1) is 0 Å². The molecule has 3 rings (SSSR count). The average molecular weight is 403 g/mol. The van der Waals surface area contributed by atoms with Crippen LogP contribution in [0.3, 0.4) is 0 Å². The molecule has 6 nitrogen and oxygen atoms in total. The summed E-state index contributed by atoms with van der Waals surface area (Å²) in [5, 5.41) is 0. The van der Waals surface area contributed by atoms with Crippen molar-refractivity contribution in [2.75, 3.05) is 25.1 Å². The van der Waals surface area contributed by atoms with Crippen molar-refractivity contribution in [1.82, 2.24) is 4.72 Å². The third-order valence-corrected chi connectivity index (χ3v) is 6.39. The zero-order valence-corrected chi connectivity index (χ0v) is 17.1. The zero-order chi connectivity index (χ0) is 20.1. The first kappa shape index (κ1) is 20.4. The van der Waals surface area contributed by atoms with Gasteiger partial charge in [0, 0.05) is 25.2 Å². The second-order valence-corrected chi connectivity index (χ2v) is 8.71. The van der Waals surface area contributed by atoms with Crippen molar-refractivity contribution in [3.05, 3.63) is 53.6 Å². The summed E-state index contributed by atoms with van der Waals surface area (Å²) in [5.74, 6) is 0.897. The normalized spacial score (nSPS) is 14.5. The monoisotopic (exact) mass is 402 g/mol. The summed E-state index contributed by atoms with van der Waals surface area (Å²) in [4.78, 5) is 13.9. The number of hydrogen-bond donors (Lipinski definition) is 1. The third kappa shape index (κ3) is 4.72. The van der Waals surface area contributed by atoms with E-state index in [9.17, 15) is 13.2 Å². The van der Waals surface area contributed by atoms with Crippen LogP contribution in [0.4, 0.5) is 5.69 Å². The van der Waals surface area contributed by atoms with Gasteiger partial charge in [-0.25, -0.2) is 13.1 Å². The molecule has 1 amide bonds. The number of nitrogens with one attached hydrogen (secondary N) is 1. The molecule has 0 bridgehead atoms. The average Bonchev–Trinajstić information content (AvgIpc) is 3.11. The van der Waals surface area contributed by atoms with Gasteiger partial charge < -0.3 is 9.64 Å². The molecule has 150 valence electrons. The molecule has 1 N–H and O–H groups in total. The lowest BCUT2D eigenvalue weighted by Crippen LogP contribution is -2.26. The lowest BCUT2D eigenvalue weighted by atomic mass is 10.1. The molecular weight excluding hydrogens is 376 g/mol. The molecule has 0 aliphatic carbocycles. The molecule has 1 saturated heterocycles. The van der Waals surface area contributed by atoms with Gasteiger partial charge in [0.2, 0.25) is 15.9 Å². The number of methoxy groups -OCH3 is 1. The minimum Gasteiger partial charge on any atom is -0.497 e. The maximum atomic E-state index is 12.6. The predicted molar refractivity (Wildman–Crippen MR) is 109 cm³/mol. The summed E-state index contributed by atoms with van der Waals surface area (Å²) in [6, 6.07) is 12.7. The Morgan fingerprint density at radius 3 is 2.50 bits per heavy atom. The molecule has 2 aromatic carbocycles. The second kappa shape index (κ2) is 8.75. The van der Waals surface area contributed by atoms with Gasteiger partial charge in [-0.3, -0.25) is 4.79 Å². The highest BCUT2D eigenvalue weighted by atomic mass is 32.2. The molecule has 1 fully saturated rings. The van der Waals surface area contributed by atoms with Crippen LogP contribution in [0.15, 0.2) is 47.4 Å². The highest BCUT2D eigenvalue weighted by Gasteiger charge is 2.24. The fourth-order valence-corrected chi connectivity index (χ4v) is 4.53. The number of carbonyl (C=O) groups is 1. The van der Waals surface area contributed by atoms with E-state index >= 15 is 0 Å². The van der Waals surface area contributed by atoms with Gasteiger partial charge in [-0.2, -0.15) is 0 Å². The second-order valence-electron chi connectivity index (χ2n) is 6.95. The lowest BCUT2D eigenvalue weighted by Gasteiger charge is -2.19. The van der Waals surface area contributed by atoms with Crippen LogP contribution >= 0.6 is 0 Å². The Labute approximate surface area is 166 Å². The zero-order valence-electron chi connectivity index (χ0n) is 16.3. The number of aryl methyl sites for hydroxylation is 2. The van der Waals surface area contributed by atoms with Crippen LogP contribution in [0.1, 0.15) is 30.4 Å². The molecule has 2 aromatic rings. The van der Waals surface area contributed by atoms with Crippen LogP contribution in [0.25, 0.3) is 0 Å². The van der Waals surface area contributed by atoms with Crippen LogP contribution < -0.4 is 14.4 Å². The van der Waals surface area contributed by atoms with Crippen LogP contribution in [0.2, 0.25) is 0 Å². The Hall–Kier alpha value is -2.38.